The molecule has 1 saturated heterocycles. The number of amides is 1. The number of aliphatic carboxylic acids is 1. The van der Waals surface area contributed by atoms with E-state index >= 15 is 0 Å². The lowest BCUT2D eigenvalue weighted by Gasteiger charge is -2.26. The molecular weight excluding hydrogens is 367 g/mol. The first-order chi connectivity index (χ1) is 12.3. The van der Waals surface area contributed by atoms with Crippen LogP contribution in [0.5, 0.6) is 0 Å². The average molecular weight is 383 g/mol. The van der Waals surface area contributed by atoms with Crippen LogP contribution < -0.4 is 5.32 Å². The van der Waals surface area contributed by atoms with Crippen molar-refractivity contribution in [3.05, 3.63) is 40.4 Å². The van der Waals surface area contributed by atoms with Gasteiger partial charge in [-0.1, -0.05) is 16.8 Å². The third kappa shape index (κ3) is 3.54. The Kier molecular flexibility index (Phi) is 4.92. The minimum atomic E-state index is -1.03. The Morgan fingerprint density at radius 3 is 2.88 bits per heavy atom. The molecule has 1 amide bonds. The molecule has 2 N–H and O–H groups in total. The van der Waals surface area contributed by atoms with Crippen molar-refractivity contribution in [3.63, 3.8) is 0 Å². The molecule has 1 aliphatic rings. The first-order valence-electron chi connectivity index (χ1n) is 7.81. The van der Waals surface area contributed by atoms with Gasteiger partial charge in [0.25, 0.3) is 5.91 Å². The summed E-state index contributed by atoms with van der Waals surface area (Å²) in [7, 11) is 0. The summed E-state index contributed by atoms with van der Waals surface area (Å²) >= 11 is 5.78. The number of hydrogen-bond acceptors (Lipinski definition) is 5. The van der Waals surface area contributed by atoms with Crippen LogP contribution in [0.1, 0.15) is 29.0 Å². The molecule has 3 rings (SSSR count). The Morgan fingerprint density at radius 2 is 2.27 bits per heavy atom. The topological polar surface area (TPSA) is 106 Å². The maximum atomic E-state index is 13.3. The zero-order valence-electron chi connectivity index (χ0n) is 13.8. The van der Waals surface area contributed by atoms with Crippen LogP contribution in [-0.4, -0.2) is 50.7 Å². The molecule has 0 saturated carbocycles. The van der Waals surface area contributed by atoms with Crippen LogP contribution in [0.3, 0.4) is 0 Å². The molecule has 10 heteroatoms. The van der Waals surface area contributed by atoms with E-state index in [2.05, 4.69) is 15.6 Å². The molecule has 1 atom stereocenters. The van der Waals surface area contributed by atoms with E-state index in [0.29, 0.717) is 24.4 Å². The van der Waals surface area contributed by atoms with Crippen LogP contribution >= 0.6 is 11.6 Å². The van der Waals surface area contributed by atoms with Gasteiger partial charge in [-0.3, -0.25) is 9.59 Å². The SMILES string of the molecule is Cc1c(C(=O)NC2(CC(=O)O)CCOC2)nnn1-c1ccc(F)c(Cl)c1. The molecule has 1 aromatic heterocycles. The largest absolute Gasteiger partial charge is 0.481 e. The number of ether oxygens (including phenoxy) is 1. The maximum absolute atomic E-state index is 13.3. The number of carbonyl (C=O) groups excluding carboxylic acids is 1. The molecule has 0 radical (unpaired) electrons. The number of carbonyl (C=O) groups is 2. The van der Waals surface area contributed by atoms with Gasteiger partial charge >= 0.3 is 5.97 Å². The highest BCUT2D eigenvalue weighted by molar-refractivity contribution is 6.30. The van der Waals surface area contributed by atoms with E-state index in [-0.39, 0.29) is 23.7 Å². The lowest BCUT2D eigenvalue weighted by atomic mass is 9.94. The van der Waals surface area contributed by atoms with Crippen LogP contribution in [-0.2, 0) is 9.53 Å². The van der Waals surface area contributed by atoms with Crippen molar-refractivity contribution < 1.29 is 23.8 Å². The molecule has 1 aliphatic heterocycles. The van der Waals surface area contributed by atoms with E-state index in [4.69, 9.17) is 21.4 Å². The van der Waals surface area contributed by atoms with E-state index in [1.165, 1.54) is 22.9 Å². The van der Waals surface area contributed by atoms with Gasteiger partial charge in [0.2, 0.25) is 0 Å². The van der Waals surface area contributed by atoms with E-state index in [9.17, 15) is 14.0 Å². The van der Waals surface area contributed by atoms with Gasteiger partial charge < -0.3 is 15.2 Å². The Balaban J connectivity index is 1.85. The number of carboxylic acid groups (broad SMARTS) is 1. The molecule has 1 fully saturated rings. The summed E-state index contributed by atoms with van der Waals surface area (Å²) in [5.74, 6) is -2.14. The normalized spacial score (nSPS) is 19.5. The Morgan fingerprint density at radius 1 is 1.50 bits per heavy atom. The number of halogens is 2. The predicted molar refractivity (Wildman–Crippen MR) is 89.0 cm³/mol. The zero-order chi connectivity index (χ0) is 18.9. The van der Waals surface area contributed by atoms with Crippen LogP contribution in [0, 0.1) is 12.7 Å². The third-order valence-corrected chi connectivity index (χ3v) is 4.52. The third-order valence-electron chi connectivity index (χ3n) is 4.23. The Labute approximate surface area is 152 Å². The number of aromatic nitrogens is 3. The fraction of sp³-hybridized carbons (Fsp3) is 0.375. The van der Waals surface area contributed by atoms with Gasteiger partial charge in [-0.05, 0) is 31.5 Å². The Bertz CT molecular complexity index is 864. The van der Waals surface area contributed by atoms with Gasteiger partial charge in [0.1, 0.15) is 5.82 Å². The standard InChI is InChI=1S/C16H16ClFN4O4/c1-9-14(15(25)19-16(7-13(23)24)4-5-26-8-16)20-21-22(9)10-2-3-12(18)11(17)6-10/h2-3,6H,4-5,7-8H2,1H3,(H,19,25)(H,23,24). The van der Waals surface area contributed by atoms with E-state index in [1.54, 1.807) is 6.92 Å². The molecule has 0 spiro atoms. The van der Waals surface area contributed by atoms with E-state index < -0.39 is 23.2 Å². The summed E-state index contributed by atoms with van der Waals surface area (Å²) in [6, 6.07) is 4.02. The molecule has 1 unspecified atom stereocenters. The smallest absolute Gasteiger partial charge is 0.305 e. The monoisotopic (exact) mass is 382 g/mol. The summed E-state index contributed by atoms with van der Waals surface area (Å²) in [5, 5.41) is 19.5. The number of carboxylic acids is 1. The van der Waals surface area contributed by atoms with Gasteiger partial charge in [0, 0.05) is 6.61 Å². The summed E-state index contributed by atoms with van der Waals surface area (Å²) in [5.41, 5.74) is -0.0697. The van der Waals surface area contributed by atoms with Crippen LogP contribution in [0.25, 0.3) is 5.69 Å². The van der Waals surface area contributed by atoms with Crippen molar-refractivity contribution in [2.75, 3.05) is 13.2 Å². The molecule has 2 aromatic rings. The summed E-state index contributed by atoms with van der Waals surface area (Å²) in [6.07, 6.45) is 0.144. The molecule has 8 nitrogen and oxygen atoms in total. The van der Waals surface area contributed by atoms with Crippen molar-refractivity contribution in [2.24, 2.45) is 0 Å². The minimum Gasteiger partial charge on any atom is -0.481 e. The van der Waals surface area contributed by atoms with E-state index in [1.807, 2.05) is 0 Å². The molecule has 26 heavy (non-hydrogen) atoms. The van der Waals surface area contributed by atoms with Gasteiger partial charge in [-0.2, -0.15) is 0 Å². The molecule has 2 heterocycles. The highest BCUT2D eigenvalue weighted by atomic mass is 35.5. The highest BCUT2D eigenvalue weighted by Crippen LogP contribution is 2.24. The van der Waals surface area contributed by atoms with Crippen LogP contribution in [0.4, 0.5) is 4.39 Å². The lowest BCUT2D eigenvalue weighted by molar-refractivity contribution is -0.138. The molecule has 0 bridgehead atoms. The van der Waals surface area contributed by atoms with Gasteiger partial charge in [-0.25, -0.2) is 9.07 Å². The number of benzene rings is 1. The first-order valence-corrected chi connectivity index (χ1v) is 8.19. The van der Waals surface area contributed by atoms with Gasteiger partial charge in [-0.15, -0.1) is 5.10 Å². The number of hydrogen-bond donors (Lipinski definition) is 2. The number of nitrogens with one attached hydrogen (secondary N) is 1. The summed E-state index contributed by atoms with van der Waals surface area (Å²) < 4.78 is 19.9. The number of nitrogens with zero attached hydrogens (tertiary/aromatic N) is 3. The van der Waals surface area contributed by atoms with Gasteiger partial charge in [0.05, 0.1) is 35.0 Å². The second kappa shape index (κ2) is 7.00. The first kappa shape index (κ1) is 18.3. The average Bonchev–Trinajstić information content (AvgIpc) is 3.16. The fourth-order valence-corrected chi connectivity index (χ4v) is 3.05. The van der Waals surface area contributed by atoms with Crippen molar-refractivity contribution >= 4 is 23.5 Å². The summed E-state index contributed by atoms with van der Waals surface area (Å²) in [4.78, 5) is 23.7. The summed E-state index contributed by atoms with van der Waals surface area (Å²) in [6.45, 7) is 2.11. The van der Waals surface area contributed by atoms with Crippen LogP contribution in [0.15, 0.2) is 18.2 Å². The van der Waals surface area contributed by atoms with Crippen LogP contribution in [0.2, 0.25) is 5.02 Å². The van der Waals surface area contributed by atoms with Crippen molar-refractivity contribution in [1.29, 1.82) is 0 Å². The molecule has 0 aliphatic carbocycles. The quantitative estimate of drug-likeness (QED) is 0.815. The van der Waals surface area contributed by atoms with E-state index in [0.717, 1.165) is 0 Å². The zero-order valence-corrected chi connectivity index (χ0v) is 14.6. The molecule has 1 aromatic carbocycles. The highest BCUT2D eigenvalue weighted by Gasteiger charge is 2.39. The minimum absolute atomic E-state index is 0.0436. The Hall–Kier alpha value is -2.52. The molecule has 138 valence electrons. The van der Waals surface area contributed by atoms with Crippen molar-refractivity contribution in [3.8, 4) is 5.69 Å². The lowest BCUT2D eigenvalue weighted by Crippen LogP contribution is -2.50. The number of rotatable bonds is 5. The second-order valence-electron chi connectivity index (χ2n) is 6.14. The van der Waals surface area contributed by atoms with Gasteiger partial charge in [0.15, 0.2) is 5.69 Å². The van der Waals surface area contributed by atoms with Crippen molar-refractivity contribution in [2.45, 2.75) is 25.3 Å². The molecular formula is C16H16ClFN4O4. The second-order valence-corrected chi connectivity index (χ2v) is 6.55. The van der Waals surface area contributed by atoms with Crippen molar-refractivity contribution in [1.82, 2.24) is 20.3 Å². The fourth-order valence-electron chi connectivity index (χ4n) is 2.88. The maximum Gasteiger partial charge on any atom is 0.305 e. The predicted octanol–water partition coefficient (Wildman–Crippen LogP) is 1.73.